The first kappa shape index (κ1) is 17.1. The van der Waals surface area contributed by atoms with Crippen molar-refractivity contribution in [2.45, 2.75) is 13.0 Å². The van der Waals surface area contributed by atoms with Crippen molar-refractivity contribution in [1.82, 2.24) is 0 Å². The highest BCUT2D eigenvalue weighted by molar-refractivity contribution is 6.44. The Morgan fingerprint density at radius 1 is 1.17 bits per heavy atom. The van der Waals surface area contributed by atoms with Crippen LogP contribution in [-0.2, 0) is 4.79 Å². The molecule has 124 valence electrons. The molecule has 0 saturated heterocycles. The molecule has 0 fully saturated rings. The van der Waals surface area contributed by atoms with Gasteiger partial charge in [0.05, 0.1) is 27.1 Å². The summed E-state index contributed by atoms with van der Waals surface area (Å²) in [6.07, 6.45) is 0. The molecule has 1 atom stereocenters. The monoisotopic (exact) mass is 381 g/mol. The van der Waals surface area contributed by atoms with E-state index in [1.165, 1.54) is 4.90 Å². The lowest BCUT2D eigenvalue weighted by atomic mass is 9.99. The van der Waals surface area contributed by atoms with Gasteiger partial charge in [-0.1, -0.05) is 53.0 Å². The number of carbonyl (C=O) groups excluding carboxylic acids is 1. The molecule has 1 aliphatic heterocycles. The molecule has 0 spiro atoms. The fourth-order valence-electron chi connectivity index (χ4n) is 2.68. The van der Waals surface area contributed by atoms with Crippen molar-refractivity contribution in [3.63, 3.8) is 0 Å². The zero-order valence-electron chi connectivity index (χ0n) is 13.0. The second-order valence-corrected chi connectivity index (χ2v) is 6.70. The van der Waals surface area contributed by atoms with Crippen LogP contribution in [0, 0.1) is 0 Å². The Bertz CT molecular complexity index is 880. The molecule has 4 nitrogen and oxygen atoms in total. The molecule has 7 heteroatoms. The van der Waals surface area contributed by atoms with Gasteiger partial charge in [0.25, 0.3) is 5.91 Å². The predicted molar refractivity (Wildman–Crippen MR) is 101 cm³/mol. The maximum atomic E-state index is 12.5. The van der Waals surface area contributed by atoms with Gasteiger partial charge >= 0.3 is 0 Å². The van der Waals surface area contributed by atoms with Crippen molar-refractivity contribution in [3.8, 4) is 0 Å². The van der Waals surface area contributed by atoms with Crippen molar-refractivity contribution in [3.05, 3.63) is 56.5 Å². The number of nitrogens with zero attached hydrogens (tertiary/aromatic N) is 2. The Kier molecular flexibility index (Phi) is 4.47. The lowest BCUT2D eigenvalue weighted by molar-refractivity contribution is -0.119. The normalized spacial score (nSPS) is 17.4. The molecule has 0 aromatic heterocycles. The minimum absolute atomic E-state index is 0.171. The molecular weight excluding hydrogens is 369 g/mol. The summed E-state index contributed by atoms with van der Waals surface area (Å²) in [7, 11) is 1.66. The van der Waals surface area contributed by atoms with Crippen molar-refractivity contribution in [2.24, 2.45) is 4.99 Å². The van der Waals surface area contributed by atoms with Gasteiger partial charge in [0.2, 0.25) is 0 Å². The smallest absolute Gasteiger partial charge is 0.251 e. The molecule has 1 aliphatic rings. The second-order valence-electron chi connectivity index (χ2n) is 5.51. The van der Waals surface area contributed by atoms with E-state index in [1.54, 1.807) is 26.1 Å². The lowest BCUT2D eigenvalue weighted by Gasteiger charge is -2.21. The number of amides is 1. The Labute approximate surface area is 154 Å². The number of carbonyl (C=O) groups is 1. The van der Waals surface area contributed by atoms with Crippen molar-refractivity contribution in [2.75, 3.05) is 17.7 Å². The van der Waals surface area contributed by atoms with Crippen LogP contribution in [0.1, 0.15) is 18.1 Å². The number of likely N-dealkylation sites (N-methyl/N-ethyl adjacent to an activating group) is 1. The van der Waals surface area contributed by atoms with E-state index in [4.69, 9.17) is 40.5 Å². The summed E-state index contributed by atoms with van der Waals surface area (Å²) in [6.45, 7) is 1.72. The first-order chi connectivity index (χ1) is 11.3. The minimum Gasteiger partial charge on any atom is -0.396 e. The summed E-state index contributed by atoms with van der Waals surface area (Å²) in [4.78, 5) is 18.6. The van der Waals surface area contributed by atoms with Crippen LogP contribution in [0.4, 0.5) is 11.4 Å². The number of nitrogens with two attached hydrogens (primary N) is 1. The minimum atomic E-state index is -0.593. The van der Waals surface area contributed by atoms with E-state index >= 15 is 0 Å². The molecular formula is C17H14Cl3N3O. The van der Waals surface area contributed by atoms with Crippen LogP contribution in [0.25, 0.3) is 0 Å². The summed E-state index contributed by atoms with van der Waals surface area (Å²) in [5.41, 5.74) is 8.54. The third-order valence-electron chi connectivity index (χ3n) is 3.97. The van der Waals surface area contributed by atoms with Crippen LogP contribution in [0.15, 0.2) is 35.3 Å². The zero-order chi connectivity index (χ0) is 17.6. The third-order valence-corrected chi connectivity index (χ3v) is 5.01. The highest BCUT2D eigenvalue weighted by Gasteiger charge is 2.31. The molecule has 0 radical (unpaired) electrons. The highest BCUT2D eigenvalue weighted by Crippen LogP contribution is 2.41. The number of aliphatic imine (C=N–C) groups is 1. The maximum Gasteiger partial charge on any atom is 0.251 e. The number of anilines is 2. The van der Waals surface area contributed by atoms with Crippen LogP contribution < -0.4 is 10.6 Å². The van der Waals surface area contributed by atoms with Gasteiger partial charge in [-0.3, -0.25) is 9.79 Å². The van der Waals surface area contributed by atoms with Gasteiger partial charge in [-0.15, -0.1) is 0 Å². The van der Waals surface area contributed by atoms with Gasteiger partial charge in [-0.05, 0) is 19.1 Å². The van der Waals surface area contributed by atoms with E-state index in [2.05, 4.69) is 4.99 Å². The average molecular weight is 383 g/mol. The van der Waals surface area contributed by atoms with E-state index in [9.17, 15) is 4.79 Å². The number of benzodiazepines with no additional fused rings is 1. The van der Waals surface area contributed by atoms with E-state index in [-0.39, 0.29) is 21.6 Å². The van der Waals surface area contributed by atoms with Gasteiger partial charge in [0.1, 0.15) is 6.04 Å². The molecule has 1 amide bonds. The molecule has 2 aromatic rings. The highest BCUT2D eigenvalue weighted by atomic mass is 35.5. The molecule has 24 heavy (non-hydrogen) atoms. The van der Waals surface area contributed by atoms with Gasteiger partial charge < -0.3 is 10.6 Å². The van der Waals surface area contributed by atoms with Gasteiger partial charge in [-0.2, -0.15) is 0 Å². The Morgan fingerprint density at radius 3 is 2.50 bits per heavy atom. The second kappa shape index (κ2) is 6.28. The van der Waals surface area contributed by atoms with Gasteiger partial charge in [0.15, 0.2) is 0 Å². The number of hydrogen-bond donors (Lipinski definition) is 1. The Morgan fingerprint density at radius 2 is 1.83 bits per heavy atom. The van der Waals surface area contributed by atoms with Crippen LogP contribution >= 0.6 is 34.8 Å². The fraction of sp³-hybridized carbons (Fsp3) is 0.176. The van der Waals surface area contributed by atoms with E-state index in [1.807, 2.05) is 18.2 Å². The van der Waals surface area contributed by atoms with Crippen LogP contribution in [0.5, 0.6) is 0 Å². The molecule has 1 unspecified atom stereocenters. The first-order valence-electron chi connectivity index (χ1n) is 7.21. The van der Waals surface area contributed by atoms with E-state index in [0.29, 0.717) is 27.5 Å². The zero-order valence-corrected chi connectivity index (χ0v) is 15.2. The SMILES string of the molecule is CC1N=C(c2ccccc2Cl)c2c(cc(Cl)c(N)c2Cl)N(C)C1=O. The van der Waals surface area contributed by atoms with Crippen LogP contribution in [0.2, 0.25) is 15.1 Å². The quantitative estimate of drug-likeness (QED) is 0.742. The summed E-state index contributed by atoms with van der Waals surface area (Å²) in [6, 6.07) is 8.28. The molecule has 3 rings (SSSR count). The largest absolute Gasteiger partial charge is 0.396 e. The van der Waals surface area contributed by atoms with Gasteiger partial charge in [-0.25, -0.2) is 0 Å². The Hall–Kier alpha value is -1.75. The van der Waals surface area contributed by atoms with Crippen molar-refractivity contribution >= 4 is 57.8 Å². The van der Waals surface area contributed by atoms with Crippen LogP contribution in [0.3, 0.4) is 0 Å². The number of benzene rings is 2. The standard InChI is InChI=1S/C17H14Cl3N3O/c1-8-17(24)23(2)12-7-11(19)15(21)14(20)13(12)16(22-8)9-5-3-4-6-10(9)18/h3-8H,21H2,1-2H3. The number of halogens is 3. The molecule has 0 bridgehead atoms. The molecule has 2 N–H and O–H groups in total. The van der Waals surface area contributed by atoms with E-state index in [0.717, 1.165) is 0 Å². The summed E-state index contributed by atoms with van der Waals surface area (Å²) in [5.74, 6) is -0.171. The molecule has 1 heterocycles. The molecule has 0 saturated carbocycles. The number of hydrogen-bond acceptors (Lipinski definition) is 3. The topological polar surface area (TPSA) is 58.7 Å². The third kappa shape index (κ3) is 2.65. The number of nitrogen functional groups attached to an aromatic ring is 1. The fourth-order valence-corrected chi connectivity index (χ4v) is 3.44. The number of fused-ring (bicyclic) bond motifs is 1. The predicted octanol–water partition coefficient (Wildman–Crippen LogP) is 4.43. The first-order valence-corrected chi connectivity index (χ1v) is 8.34. The maximum absolute atomic E-state index is 12.5. The Balaban J connectivity index is 2.40. The molecule has 2 aromatic carbocycles. The summed E-state index contributed by atoms with van der Waals surface area (Å²) in [5, 5.41) is 1.05. The van der Waals surface area contributed by atoms with E-state index < -0.39 is 6.04 Å². The summed E-state index contributed by atoms with van der Waals surface area (Å²) < 4.78 is 0. The summed E-state index contributed by atoms with van der Waals surface area (Å²) >= 11 is 19.0. The van der Waals surface area contributed by atoms with Crippen LogP contribution in [-0.4, -0.2) is 24.7 Å². The van der Waals surface area contributed by atoms with Crippen molar-refractivity contribution in [1.29, 1.82) is 0 Å². The molecule has 0 aliphatic carbocycles. The number of rotatable bonds is 1. The van der Waals surface area contributed by atoms with Gasteiger partial charge in [0, 0.05) is 23.2 Å². The lowest BCUT2D eigenvalue weighted by Crippen LogP contribution is -2.33. The average Bonchev–Trinajstić information content (AvgIpc) is 2.64. The van der Waals surface area contributed by atoms with Crippen molar-refractivity contribution < 1.29 is 4.79 Å².